The summed E-state index contributed by atoms with van der Waals surface area (Å²) >= 11 is 0. The summed E-state index contributed by atoms with van der Waals surface area (Å²) in [6, 6.07) is -0.00750. The van der Waals surface area contributed by atoms with Crippen LogP contribution in [-0.4, -0.2) is 38.8 Å². The van der Waals surface area contributed by atoms with Gasteiger partial charge in [0.05, 0.1) is 6.54 Å². The maximum Gasteiger partial charge on any atom is 0.317 e. The summed E-state index contributed by atoms with van der Waals surface area (Å²) in [7, 11) is 0. The van der Waals surface area contributed by atoms with Crippen molar-refractivity contribution in [2.45, 2.75) is 26.4 Å². The number of aromatic nitrogens is 3. The first-order valence-electron chi connectivity index (χ1n) is 5.20. The molecule has 1 N–H and O–H groups in total. The van der Waals surface area contributed by atoms with Crippen LogP contribution in [0.2, 0.25) is 0 Å². The molecule has 0 bridgehead atoms. The zero-order valence-corrected chi connectivity index (χ0v) is 8.81. The lowest BCUT2D eigenvalue weighted by atomic mass is 10.2. The maximum absolute atomic E-state index is 11.5. The van der Waals surface area contributed by atoms with E-state index >= 15 is 0 Å². The van der Waals surface area contributed by atoms with E-state index in [0.29, 0.717) is 6.54 Å². The summed E-state index contributed by atoms with van der Waals surface area (Å²) in [5.74, 6) is 0.798. The Balaban J connectivity index is 1.84. The minimum Gasteiger partial charge on any atom is -0.331 e. The van der Waals surface area contributed by atoms with Gasteiger partial charge in [0, 0.05) is 19.6 Å². The molecule has 1 aromatic rings. The number of urea groups is 1. The van der Waals surface area contributed by atoms with Crippen LogP contribution in [0.4, 0.5) is 4.79 Å². The van der Waals surface area contributed by atoms with Gasteiger partial charge in [0.1, 0.15) is 6.33 Å². The number of nitrogens with one attached hydrogen (secondary N) is 1. The van der Waals surface area contributed by atoms with Gasteiger partial charge in [0.25, 0.3) is 0 Å². The van der Waals surface area contributed by atoms with Gasteiger partial charge in [-0.25, -0.2) is 4.79 Å². The van der Waals surface area contributed by atoms with Crippen LogP contribution in [0.3, 0.4) is 0 Å². The van der Waals surface area contributed by atoms with Crippen molar-refractivity contribution >= 4 is 6.03 Å². The lowest BCUT2D eigenvalue weighted by molar-refractivity contribution is 0.167. The number of hydrogen-bond donors (Lipinski definition) is 1. The summed E-state index contributed by atoms with van der Waals surface area (Å²) in [6.07, 6.45) is 2.78. The molecule has 0 atom stereocenters. The van der Waals surface area contributed by atoms with Gasteiger partial charge in [-0.2, -0.15) is 0 Å². The van der Waals surface area contributed by atoms with Gasteiger partial charge in [-0.15, -0.1) is 10.2 Å². The topological polar surface area (TPSA) is 63.1 Å². The number of likely N-dealkylation sites (tertiary alicyclic amines) is 1. The minimum atomic E-state index is -0.00750. The third kappa shape index (κ3) is 2.08. The average molecular weight is 209 g/mol. The first kappa shape index (κ1) is 9.95. The Morgan fingerprint density at radius 3 is 3.00 bits per heavy atom. The van der Waals surface area contributed by atoms with Crippen molar-refractivity contribution in [3.8, 4) is 0 Å². The van der Waals surface area contributed by atoms with Gasteiger partial charge in [-0.1, -0.05) is 0 Å². The van der Waals surface area contributed by atoms with Crippen LogP contribution in [0.15, 0.2) is 6.33 Å². The lowest BCUT2D eigenvalue weighted by Gasteiger charge is -2.30. The van der Waals surface area contributed by atoms with Gasteiger partial charge < -0.3 is 14.8 Å². The third-order valence-corrected chi connectivity index (χ3v) is 2.58. The lowest BCUT2D eigenvalue weighted by Crippen LogP contribution is -2.47. The maximum atomic E-state index is 11.5. The number of aryl methyl sites for hydroxylation is 1. The van der Waals surface area contributed by atoms with E-state index in [-0.39, 0.29) is 6.03 Å². The molecule has 2 amide bonds. The molecule has 1 fully saturated rings. The summed E-state index contributed by atoms with van der Waals surface area (Å²) in [5.41, 5.74) is 0. The van der Waals surface area contributed by atoms with Crippen molar-refractivity contribution in [2.24, 2.45) is 0 Å². The molecular weight excluding hydrogens is 194 g/mol. The van der Waals surface area contributed by atoms with E-state index in [1.54, 1.807) is 11.2 Å². The van der Waals surface area contributed by atoms with E-state index in [4.69, 9.17) is 0 Å². The molecule has 0 spiro atoms. The van der Waals surface area contributed by atoms with E-state index < -0.39 is 0 Å². The molecule has 6 nitrogen and oxygen atoms in total. The predicted octanol–water partition coefficient (Wildman–Crippen LogP) is 0.213. The highest BCUT2D eigenvalue weighted by Gasteiger charge is 2.19. The van der Waals surface area contributed by atoms with Crippen molar-refractivity contribution in [1.29, 1.82) is 0 Å². The Bertz CT molecular complexity index is 344. The fourth-order valence-corrected chi connectivity index (χ4v) is 1.47. The number of rotatable bonds is 3. The highest BCUT2D eigenvalue weighted by Crippen LogP contribution is 2.05. The summed E-state index contributed by atoms with van der Waals surface area (Å²) in [5, 5.41) is 10.6. The molecule has 0 aromatic carbocycles. The van der Waals surface area contributed by atoms with Crippen molar-refractivity contribution < 1.29 is 4.79 Å². The standard InChI is InChI=1S/C9H15N5O/c1-2-13-7-11-12-8(13)6-10-9(15)14-4-3-5-14/h7H,2-6H2,1H3,(H,10,15). The molecule has 1 aromatic heterocycles. The molecule has 0 aliphatic carbocycles. The van der Waals surface area contributed by atoms with Crippen molar-refractivity contribution in [2.75, 3.05) is 13.1 Å². The number of carbonyl (C=O) groups excluding carboxylic acids is 1. The van der Waals surface area contributed by atoms with Crippen molar-refractivity contribution in [3.05, 3.63) is 12.2 Å². The molecule has 0 saturated carbocycles. The monoisotopic (exact) mass is 209 g/mol. The fourth-order valence-electron chi connectivity index (χ4n) is 1.47. The highest BCUT2D eigenvalue weighted by molar-refractivity contribution is 5.74. The molecule has 15 heavy (non-hydrogen) atoms. The van der Waals surface area contributed by atoms with Crippen LogP contribution in [0.5, 0.6) is 0 Å². The predicted molar refractivity (Wildman–Crippen MR) is 54.1 cm³/mol. The van der Waals surface area contributed by atoms with Crippen molar-refractivity contribution in [3.63, 3.8) is 0 Å². The number of carbonyl (C=O) groups is 1. The smallest absolute Gasteiger partial charge is 0.317 e. The SMILES string of the molecule is CCn1cnnc1CNC(=O)N1CCC1. The van der Waals surface area contributed by atoms with Crippen LogP contribution in [0, 0.1) is 0 Å². The minimum absolute atomic E-state index is 0.00750. The fraction of sp³-hybridized carbons (Fsp3) is 0.667. The second kappa shape index (κ2) is 4.29. The van der Waals surface area contributed by atoms with Gasteiger partial charge in [-0.05, 0) is 13.3 Å². The Morgan fingerprint density at radius 2 is 2.40 bits per heavy atom. The third-order valence-electron chi connectivity index (χ3n) is 2.58. The first-order valence-corrected chi connectivity index (χ1v) is 5.20. The zero-order valence-electron chi connectivity index (χ0n) is 8.81. The molecule has 82 valence electrons. The summed E-state index contributed by atoms with van der Waals surface area (Å²) < 4.78 is 1.91. The quantitative estimate of drug-likeness (QED) is 0.774. The second-order valence-electron chi connectivity index (χ2n) is 3.53. The van der Waals surface area contributed by atoms with E-state index in [0.717, 1.165) is 31.9 Å². The van der Waals surface area contributed by atoms with E-state index in [2.05, 4.69) is 15.5 Å². The molecule has 2 rings (SSSR count). The zero-order chi connectivity index (χ0) is 10.7. The molecule has 2 heterocycles. The summed E-state index contributed by atoms with van der Waals surface area (Å²) in [6.45, 7) is 5.02. The van der Waals surface area contributed by atoms with E-state index in [1.165, 1.54) is 0 Å². The largest absolute Gasteiger partial charge is 0.331 e. The molecule has 0 unspecified atom stereocenters. The Labute approximate surface area is 88.3 Å². The van der Waals surface area contributed by atoms with Crippen molar-refractivity contribution in [1.82, 2.24) is 25.0 Å². The normalized spacial score (nSPS) is 14.9. The molecule has 6 heteroatoms. The highest BCUT2D eigenvalue weighted by atomic mass is 16.2. The van der Waals surface area contributed by atoms with Crippen LogP contribution >= 0.6 is 0 Å². The van der Waals surface area contributed by atoms with Gasteiger partial charge in [0.15, 0.2) is 5.82 Å². The molecule has 1 aliphatic rings. The summed E-state index contributed by atoms with van der Waals surface area (Å²) in [4.78, 5) is 13.3. The Hall–Kier alpha value is -1.59. The molecule has 1 saturated heterocycles. The number of nitrogens with zero attached hydrogens (tertiary/aromatic N) is 4. The van der Waals surface area contributed by atoms with Crippen LogP contribution in [0.1, 0.15) is 19.2 Å². The van der Waals surface area contributed by atoms with Gasteiger partial charge in [-0.3, -0.25) is 0 Å². The van der Waals surface area contributed by atoms with Crippen LogP contribution in [0.25, 0.3) is 0 Å². The van der Waals surface area contributed by atoms with E-state index in [1.807, 2.05) is 11.5 Å². The molecule has 0 radical (unpaired) electrons. The first-order chi connectivity index (χ1) is 7.31. The second-order valence-corrected chi connectivity index (χ2v) is 3.53. The van der Waals surface area contributed by atoms with E-state index in [9.17, 15) is 4.79 Å². The van der Waals surface area contributed by atoms with Gasteiger partial charge >= 0.3 is 6.03 Å². The van der Waals surface area contributed by atoms with Crippen LogP contribution in [-0.2, 0) is 13.1 Å². The Kier molecular flexibility index (Phi) is 2.84. The molecule has 1 aliphatic heterocycles. The average Bonchev–Trinajstić information content (AvgIpc) is 2.58. The van der Waals surface area contributed by atoms with Crippen LogP contribution < -0.4 is 5.32 Å². The number of hydrogen-bond acceptors (Lipinski definition) is 3. The number of amides is 2. The van der Waals surface area contributed by atoms with Gasteiger partial charge in [0.2, 0.25) is 0 Å². The Morgan fingerprint density at radius 1 is 1.60 bits per heavy atom. The molecular formula is C9H15N5O.